The molecule has 1 aromatic carbocycles. The van der Waals surface area contributed by atoms with Crippen molar-refractivity contribution in [1.82, 2.24) is 4.90 Å². The van der Waals surface area contributed by atoms with Crippen molar-refractivity contribution >= 4 is 11.4 Å². The van der Waals surface area contributed by atoms with Crippen LogP contribution in [0.4, 0.5) is 20.2 Å². The van der Waals surface area contributed by atoms with Crippen molar-refractivity contribution in [2.45, 2.75) is 19.9 Å². The van der Waals surface area contributed by atoms with Gasteiger partial charge in [-0.15, -0.1) is 0 Å². The molecule has 1 saturated heterocycles. The number of rotatable bonds is 5. The number of furan rings is 1. The first-order chi connectivity index (χ1) is 11.5. The Balaban J connectivity index is 1.62. The fourth-order valence-electron chi connectivity index (χ4n) is 2.90. The van der Waals surface area contributed by atoms with Crippen LogP contribution in [0.3, 0.4) is 0 Å². The average molecular weight is 335 g/mol. The second kappa shape index (κ2) is 7.21. The second-order valence-electron chi connectivity index (χ2n) is 6.25. The maximum absolute atomic E-state index is 12.5. The minimum atomic E-state index is -2.57. The molecule has 0 bridgehead atoms. The molecule has 0 unspecified atom stereocenters. The van der Waals surface area contributed by atoms with E-state index in [1.807, 2.05) is 6.07 Å². The lowest BCUT2D eigenvalue weighted by atomic mass is 10.1. The zero-order valence-corrected chi connectivity index (χ0v) is 14.1. The summed E-state index contributed by atoms with van der Waals surface area (Å²) in [5, 5.41) is 3.25. The Labute approximate surface area is 141 Å². The molecule has 0 spiro atoms. The number of anilines is 2. The summed E-state index contributed by atoms with van der Waals surface area (Å²) in [4.78, 5) is 4.72. The van der Waals surface area contributed by atoms with Crippen LogP contribution in [0.15, 0.2) is 34.7 Å². The molecule has 1 aliphatic heterocycles. The number of aryl methyl sites for hydroxylation is 1. The van der Waals surface area contributed by atoms with Crippen molar-refractivity contribution in [2.24, 2.45) is 0 Å². The highest BCUT2D eigenvalue weighted by atomic mass is 19.3. The van der Waals surface area contributed by atoms with Crippen molar-refractivity contribution in [3.8, 4) is 0 Å². The number of benzene rings is 1. The van der Waals surface area contributed by atoms with Crippen molar-refractivity contribution < 1.29 is 13.2 Å². The Hall–Kier alpha value is -2.08. The molecular formula is C18H23F2N3O. The second-order valence-corrected chi connectivity index (χ2v) is 6.25. The van der Waals surface area contributed by atoms with E-state index >= 15 is 0 Å². The Morgan fingerprint density at radius 1 is 1.12 bits per heavy atom. The molecule has 1 aliphatic rings. The smallest absolute Gasteiger partial charge is 0.295 e. The molecule has 4 nitrogen and oxygen atoms in total. The van der Waals surface area contributed by atoms with Gasteiger partial charge in [-0.1, -0.05) is 0 Å². The van der Waals surface area contributed by atoms with Crippen LogP contribution in [-0.2, 0) is 6.54 Å². The molecule has 6 heteroatoms. The van der Waals surface area contributed by atoms with Gasteiger partial charge >= 0.3 is 0 Å². The predicted molar refractivity (Wildman–Crippen MR) is 91.9 cm³/mol. The molecule has 1 fully saturated rings. The average Bonchev–Trinajstić information content (AvgIpc) is 3.04. The normalized spacial score (nSPS) is 16.0. The maximum atomic E-state index is 12.5. The molecule has 0 radical (unpaired) electrons. The minimum Gasteiger partial charge on any atom is -0.458 e. The van der Waals surface area contributed by atoms with Crippen molar-refractivity contribution in [3.05, 3.63) is 47.4 Å². The quantitative estimate of drug-likeness (QED) is 0.898. The van der Waals surface area contributed by atoms with E-state index in [2.05, 4.69) is 41.2 Å². The van der Waals surface area contributed by atoms with E-state index in [0.717, 1.165) is 37.4 Å². The van der Waals surface area contributed by atoms with Crippen LogP contribution in [0.1, 0.15) is 23.5 Å². The Kier molecular flexibility index (Phi) is 5.04. The molecule has 2 heterocycles. The molecular weight excluding hydrogens is 312 g/mol. The third-order valence-corrected chi connectivity index (χ3v) is 4.43. The zero-order chi connectivity index (χ0) is 17.1. The van der Waals surface area contributed by atoms with Crippen LogP contribution in [0.2, 0.25) is 0 Å². The van der Waals surface area contributed by atoms with Gasteiger partial charge in [-0.3, -0.25) is 0 Å². The first-order valence-corrected chi connectivity index (χ1v) is 8.17. The summed E-state index contributed by atoms with van der Waals surface area (Å²) >= 11 is 0. The molecule has 130 valence electrons. The van der Waals surface area contributed by atoms with Gasteiger partial charge in [-0.05, 0) is 49.9 Å². The molecule has 0 amide bonds. The SMILES string of the molecule is Cc1cc(N2CCN(C)CC2)ccc1NCc1ccc(C(F)F)o1. The van der Waals surface area contributed by atoms with Crippen molar-refractivity contribution in [2.75, 3.05) is 43.4 Å². The van der Waals surface area contributed by atoms with E-state index in [1.54, 1.807) is 6.07 Å². The standard InChI is InChI=1S/C18H23F2N3O/c1-13-11-14(23-9-7-22(2)8-10-23)3-5-16(13)21-12-15-4-6-17(24-15)18(19)20/h3-6,11,18,21H,7-10,12H2,1-2H3. The van der Waals surface area contributed by atoms with Gasteiger partial charge in [0.25, 0.3) is 6.43 Å². The van der Waals surface area contributed by atoms with E-state index in [4.69, 9.17) is 4.42 Å². The highest BCUT2D eigenvalue weighted by Gasteiger charge is 2.15. The summed E-state index contributed by atoms with van der Waals surface area (Å²) in [6, 6.07) is 9.22. The Morgan fingerprint density at radius 3 is 2.50 bits per heavy atom. The van der Waals surface area contributed by atoms with E-state index in [0.29, 0.717) is 12.3 Å². The Bertz CT molecular complexity index is 679. The summed E-state index contributed by atoms with van der Waals surface area (Å²) in [5.41, 5.74) is 3.35. The lowest BCUT2D eigenvalue weighted by Gasteiger charge is -2.34. The van der Waals surface area contributed by atoms with E-state index in [1.165, 1.54) is 11.8 Å². The fourth-order valence-corrected chi connectivity index (χ4v) is 2.90. The molecule has 0 saturated carbocycles. The lowest BCUT2D eigenvalue weighted by molar-refractivity contribution is 0.120. The number of alkyl halides is 2. The van der Waals surface area contributed by atoms with Crippen LogP contribution in [0.25, 0.3) is 0 Å². The van der Waals surface area contributed by atoms with E-state index < -0.39 is 6.43 Å². The molecule has 2 aromatic rings. The van der Waals surface area contributed by atoms with Gasteiger partial charge < -0.3 is 19.5 Å². The summed E-state index contributed by atoms with van der Waals surface area (Å²) < 4.78 is 30.2. The zero-order valence-electron chi connectivity index (χ0n) is 14.1. The fraction of sp³-hybridized carbons (Fsp3) is 0.444. The van der Waals surface area contributed by atoms with Gasteiger partial charge in [0.1, 0.15) is 5.76 Å². The first-order valence-electron chi connectivity index (χ1n) is 8.17. The van der Waals surface area contributed by atoms with Gasteiger partial charge in [-0.2, -0.15) is 0 Å². The van der Waals surface area contributed by atoms with Gasteiger partial charge in [-0.25, -0.2) is 8.78 Å². The number of likely N-dealkylation sites (N-methyl/N-ethyl adjacent to an activating group) is 1. The number of halogens is 2. The summed E-state index contributed by atoms with van der Waals surface area (Å²) in [5.74, 6) is 0.224. The van der Waals surface area contributed by atoms with Crippen LogP contribution in [0, 0.1) is 6.92 Å². The number of nitrogens with one attached hydrogen (secondary N) is 1. The number of piperazine rings is 1. The summed E-state index contributed by atoms with van der Waals surface area (Å²) in [7, 11) is 2.14. The molecule has 3 rings (SSSR count). The van der Waals surface area contributed by atoms with Crippen molar-refractivity contribution in [1.29, 1.82) is 0 Å². The minimum absolute atomic E-state index is 0.283. The first kappa shape index (κ1) is 16.8. The summed E-state index contributed by atoms with van der Waals surface area (Å²) in [6.07, 6.45) is -2.57. The van der Waals surface area contributed by atoms with Gasteiger partial charge in [0, 0.05) is 37.6 Å². The van der Waals surface area contributed by atoms with E-state index in [9.17, 15) is 8.78 Å². The number of hydrogen-bond acceptors (Lipinski definition) is 4. The Morgan fingerprint density at radius 2 is 1.88 bits per heavy atom. The van der Waals surface area contributed by atoms with Crippen molar-refractivity contribution in [3.63, 3.8) is 0 Å². The largest absolute Gasteiger partial charge is 0.458 e. The third kappa shape index (κ3) is 3.87. The predicted octanol–water partition coefficient (Wildman–Crippen LogP) is 3.89. The molecule has 24 heavy (non-hydrogen) atoms. The lowest BCUT2D eigenvalue weighted by Crippen LogP contribution is -2.44. The highest BCUT2D eigenvalue weighted by molar-refractivity contribution is 5.60. The van der Waals surface area contributed by atoms with Gasteiger partial charge in [0.2, 0.25) is 0 Å². The number of hydrogen-bond donors (Lipinski definition) is 1. The van der Waals surface area contributed by atoms with E-state index in [-0.39, 0.29) is 5.76 Å². The molecule has 0 atom stereocenters. The molecule has 1 aromatic heterocycles. The molecule has 0 aliphatic carbocycles. The van der Waals surface area contributed by atoms with Crippen LogP contribution in [0.5, 0.6) is 0 Å². The van der Waals surface area contributed by atoms with Crippen LogP contribution >= 0.6 is 0 Å². The number of nitrogens with zero attached hydrogens (tertiary/aromatic N) is 2. The van der Waals surface area contributed by atoms with Gasteiger partial charge in [0.15, 0.2) is 5.76 Å². The van der Waals surface area contributed by atoms with Gasteiger partial charge in [0.05, 0.1) is 6.54 Å². The topological polar surface area (TPSA) is 31.6 Å². The highest BCUT2D eigenvalue weighted by Crippen LogP contribution is 2.25. The molecule has 1 N–H and O–H groups in total. The van der Waals surface area contributed by atoms with Crippen LogP contribution in [-0.4, -0.2) is 38.1 Å². The maximum Gasteiger partial charge on any atom is 0.295 e. The summed E-state index contributed by atoms with van der Waals surface area (Å²) in [6.45, 7) is 6.65. The monoisotopic (exact) mass is 335 g/mol. The third-order valence-electron chi connectivity index (χ3n) is 4.43. The van der Waals surface area contributed by atoms with Crippen LogP contribution < -0.4 is 10.2 Å².